The second-order valence-corrected chi connectivity index (χ2v) is 4.99. The number of aliphatic hydroxyl groups is 1. The van der Waals surface area contributed by atoms with Crippen LogP contribution in [0.1, 0.15) is 30.6 Å². The van der Waals surface area contributed by atoms with Gasteiger partial charge in [0, 0.05) is 25.7 Å². The van der Waals surface area contributed by atoms with Crippen molar-refractivity contribution in [3.8, 4) is 6.07 Å². The van der Waals surface area contributed by atoms with Gasteiger partial charge >= 0.3 is 0 Å². The third-order valence-electron chi connectivity index (χ3n) is 3.66. The second kappa shape index (κ2) is 6.67. The molecule has 19 heavy (non-hydrogen) atoms. The van der Waals surface area contributed by atoms with E-state index in [9.17, 15) is 5.11 Å². The summed E-state index contributed by atoms with van der Waals surface area (Å²) in [6.07, 6.45) is 0.480. The van der Waals surface area contributed by atoms with Crippen LogP contribution >= 0.6 is 0 Å². The minimum atomic E-state index is -0.520. The molecule has 1 aliphatic heterocycles. The quantitative estimate of drug-likeness (QED) is 0.898. The van der Waals surface area contributed by atoms with Gasteiger partial charge in [-0.05, 0) is 31.0 Å². The summed E-state index contributed by atoms with van der Waals surface area (Å²) < 4.78 is 5.45. The van der Waals surface area contributed by atoms with Crippen molar-refractivity contribution < 1.29 is 9.84 Å². The summed E-state index contributed by atoms with van der Waals surface area (Å²) in [5.74, 6) is 0. The number of aliphatic hydroxyl groups excluding tert-OH is 1. The molecule has 0 bridgehead atoms. The number of nitriles is 1. The Bertz CT molecular complexity index is 438. The SMILES string of the molecule is CC1CCOCCN1CC(O)c1ccc(C#N)cc1. The van der Waals surface area contributed by atoms with E-state index in [-0.39, 0.29) is 0 Å². The number of nitrogens with zero attached hydrogens (tertiary/aromatic N) is 2. The van der Waals surface area contributed by atoms with Gasteiger partial charge in [0.2, 0.25) is 0 Å². The van der Waals surface area contributed by atoms with Crippen molar-refractivity contribution in [2.24, 2.45) is 0 Å². The fourth-order valence-electron chi connectivity index (χ4n) is 2.32. The molecule has 1 aromatic carbocycles. The summed E-state index contributed by atoms with van der Waals surface area (Å²) in [6, 6.07) is 9.64. The van der Waals surface area contributed by atoms with Crippen LogP contribution in [0.5, 0.6) is 0 Å². The second-order valence-electron chi connectivity index (χ2n) is 4.99. The zero-order valence-electron chi connectivity index (χ0n) is 11.2. The van der Waals surface area contributed by atoms with Crippen LogP contribution < -0.4 is 0 Å². The summed E-state index contributed by atoms with van der Waals surface area (Å²) in [4.78, 5) is 2.26. The van der Waals surface area contributed by atoms with E-state index < -0.39 is 6.10 Å². The fourth-order valence-corrected chi connectivity index (χ4v) is 2.32. The minimum Gasteiger partial charge on any atom is -0.387 e. The Labute approximate surface area is 114 Å². The maximum atomic E-state index is 10.3. The van der Waals surface area contributed by atoms with Gasteiger partial charge in [-0.25, -0.2) is 0 Å². The van der Waals surface area contributed by atoms with Crippen molar-refractivity contribution in [1.29, 1.82) is 5.26 Å². The molecule has 1 saturated heterocycles. The highest BCUT2D eigenvalue weighted by Crippen LogP contribution is 2.18. The zero-order valence-corrected chi connectivity index (χ0v) is 11.2. The van der Waals surface area contributed by atoms with Crippen LogP contribution in [-0.2, 0) is 4.74 Å². The maximum absolute atomic E-state index is 10.3. The maximum Gasteiger partial charge on any atom is 0.0991 e. The number of hydrogen-bond acceptors (Lipinski definition) is 4. The van der Waals surface area contributed by atoms with Gasteiger partial charge in [0.1, 0.15) is 0 Å². The average Bonchev–Trinajstić information content (AvgIpc) is 2.64. The molecule has 0 amide bonds. The lowest BCUT2D eigenvalue weighted by Crippen LogP contribution is -2.37. The van der Waals surface area contributed by atoms with E-state index in [0.717, 1.165) is 31.7 Å². The first-order valence-electron chi connectivity index (χ1n) is 6.70. The molecule has 2 rings (SSSR count). The number of benzene rings is 1. The number of β-amino-alcohol motifs (C(OH)–C–C–N with tert-alkyl or cyclic N) is 1. The Kier molecular flexibility index (Phi) is 4.92. The molecule has 2 atom stereocenters. The molecule has 1 aliphatic rings. The van der Waals surface area contributed by atoms with Crippen LogP contribution in [-0.4, -0.2) is 42.4 Å². The third-order valence-corrected chi connectivity index (χ3v) is 3.66. The monoisotopic (exact) mass is 260 g/mol. The normalized spacial score (nSPS) is 22.5. The van der Waals surface area contributed by atoms with E-state index in [1.54, 1.807) is 12.1 Å². The molecule has 0 saturated carbocycles. The molecule has 0 radical (unpaired) electrons. The Morgan fingerprint density at radius 3 is 2.84 bits per heavy atom. The lowest BCUT2D eigenvalue weighted by molar-refractivity contribution is 0.0884. The largest absolute Gasteiger partial charge is 0.387 e. The number of rotatable bonds is 3. The van der Waals surface area contributed by atoms with E-state index in [4.69, 9.17) is 10.00 Å². The zero-order chi connectivity index (χ0) is 13.7. The van der Waals surface area contributed by atoms with Crippen molar-refractivity contribution in [3.05, 3.63) is 35.4 Å². The molecule has 1 N–H and O–H groups in total. The van der Waals surface area contributed by atoms with Crippen molar-refractivity contribution in [2.75, 3.05) is 26.3 Å². The first kappa shape index (κ1) is 14.0. The number of ether oxygens (including phenoxy) is 1. The molecule has 0 aliphatic carbocycles. The van der Waals surface area contributed by atoms with Crippen LogP contribution in [0.3, 0.4) is 0 Å². The standard InChI is InChI=1S/C15H20N2O2/c1-12-6-8-19-9-7-17(12)11-15(18)14-4-2-13(10-16)3-5-14/h2-5,12,15,18H,6-9,11H2,1H3. The van der Waals surface area contributed by atoms with Crippen molar-refractivity contribution >= 4 is 0 Å². The van der Waals surface area contributed by atoms with Gasteiger partial charge in [-0.1, -0.05) is 12.1 Å². The van der Waals surface area contributed by atoms with E-state index in [1.165, 1.54) is 0 Å². The van der Waals surface area contributed by atoms with E-state index in [1.807, 2.05) is 12.1 Å². The Morgan fingerprint density at radius 2 is 2.16 bits per heavy atom. The van der Waals surface area contributed by atoms with Gasteiger partial charge in [-0.15, -0.1) is 0 Å². The van der Waals surface area contributed by atoms with E-state index in [2.05, 4.69) is 17.9 Å². The number of hydrogen-bond donors (Lipinski definition) is 1. The molecule has 0 spiro atoms. The Morgan fingerprint density at radius 1 is 1.42 bits per heavy atom. The lowest BCUT2D eigenvalue weighted by atomic mass is 10.1. The molecule has 1 heterocycles. The van der Waals surface area contributed by atoms with Crippen LogP contribution in [0, 0.1) is 11.3 Å². The molecule has 1 aromatic rings. The lowest BCUT2D eigenvalue weighted by Gasteiger charge is -2.28. The summed E-state index contributed by atoms with van der Waals surface area (Å²) in [5.41, 5.74) is 1.48. The molecule has 1 fully saturated rings. The molecule has 0 aromatic heterocycles. The van der Waals surface area contributed by atoms with Crippen LogP contribution in [0.2, 0.25) is 0 Å². The van der Waals surface area contributed by atoms with Gasteiger partial charge in [-0.2, -0.15) is 5.26 Å². The summed E-state index contributed by atoms with van der Waals surface area (Å²) in [6.45, 7) is 5.15. The highest BCUT2D eigenvalue weighted by molar-refractivity contribution is 5.32. The summed E-state index contributed by atoms with van der Waals surface area (Å²) >= 11 is 0. The topological polar surface area (TPSA) is 56.5 Å². The first-order chi connectivity index (χ1) is 9.20. The van der Waals surface area contributed by atoms with Gasteiger partial charge < -0.3 is 9.84 Å². The molecular weight excluding hydrogens is 240 g/mol. The molecular formula is C15H20N2O2. The Hall–Kier alpha value is -1.41. The van der Waals surface area contributed by atoms with Gasteiger partial charge in [-0.3, -0.25) is 4.90 Å². The molecule has 4 heteroatoms. The third kappa shape index (κ3) is 3.77. The van der Waals surface area contributed by atoms with Crippen LogP contribution in [0.15, 0.2) is 24.3 Å². The van der Waals surface area contributed by atoms with E-state index >= 15 is 0 Å². The van der Waals surface area contributed by atoms with Crippen molar-refractivity contribution in [2.45, 2.75) is 25.5 Å². The summed E-state index contributed by atoms with van der Waals surface area (Å²) in [5, 5.41) is 19.0. The fraction of sp³-hybridized carbons (Fsp3) is 0.533. The van der Waals surface area contributed by atoms with Gasteiger partial charge in [0.25, 0.3) is 0 Å². The molecule has 4 nitrogen and oxygen atoms in total. The van der Waals surface area contributed by atoms with Gasteiger partial charge in [0.15, 0.2) is 0 Å². The Balaban J connectivity index is 1.98. The highest BCUT2D eigenvalue weighted by Gasteiger charge is 2.20. The van der Waals surface area contributed by atoms with Crippen LogP contribution in [0.25, 0.3) is 0 Å². The molecule has 102 valence electrons. The van der Waals surface area contributed by atoms with E-state index in [0.29, 0.717) is 18.2 Å². The smallest absolute Gasteiger partial charge is 0.0991 e. The van der Waals surface area contributed by atoms with Crippen LogP contribution in [0.4, 0.5) is 0 Å². The first-order valence-corrected chi connectivity index (χ1v) is 6.70. The predicted octanol–water partition coefficient (Wildman–Crippen LogP) is 1.70. The van der Waals surface area contributed by atoms with Crippen molar-refractivity contribution in [3.63, 3.8) is 0 Å². The highest BCUT2D eigenvalue weighted by atomic mass is 16.5. The molecule has 2 unspecified atom stereocenters. The minimum absolute atomic E-state index is 0.426. The van der Waals surface area contributed by atoms with Gasteiger partial charge in [0.05, 0.1) is 24.3 Å². The summed E-state index contributed by atoms with van der Waals surface area (Å²) in [7, 11) is 0. The average molecular weight is 260 g/mol. The van der Waals surface area contributed by atoms with Crippen molar-refractivity contribution in [1.82, 2.24) is 4.90 Å². The predicted molar refractivity (Wildman–Crippen MR) is 72.6 cm³/mol.